The molecule has 0 aliphatic rings. The number of nitrogens with two attached hydrogens (primary N) is 1. The maximum Gasteiger partial charge on any atom is 0.356 e. The number of anilines is 1. The minimum Gasteiger partial charge on any atom is -0.464 e. The number of methoxy groups -OCH3 is 1. The summed E-state index contributed by atoms with van der Waals surface area (Å²) in [6.07, 6.45) is 0. The topological polar surface area (TPSA) is 65.2 Å². The summed E-state index contributed by atoms with van der Waals surface area (Å²) < 4.78 is 5.18. The fraction of sp³-hybridized carbons (Fsp3) is 0.250. The van der Waals surface area contributed by atoms with Gasteiger partial charge in [-0.15, -0.1) is 0 Å². The normalized spacial score (nSPS) is 9.77. The molecule has 0 aliphatic carbocycles. The molecule has 0 unspecified atom stereocenters. The monoisotopic (exact) mass is 292 g/mol. The van der Waals surface area contributed by atoms with E-state index in [4.69, 9.17) is 5.73 Å². The Morgan fingerprint density at radius 1 is 1.69 bits per heavy atom. The highest BCUT2D eigenvalue weighted by atomic mass is 127. The van der Waals surface area contributed by atoms with Crippen molar-refractivity contribution >= 4 is 34.2 Å². The molecule has 2 N–H and O–H groups in total. The third-order valence-electron chi connectivity index (χ3n) is 1.57. The van der Waals surface area contributed by atoms with E-state index in [0.717, 1.165) is 5.56 Å². The van der Waals surface area contributed by atoms with Crippen LogP contribution in [0.15, 0.2) is 6.07 Å². The first-order chi connectivity index (χ1) is 6.06. The molecular weight excluding hydrogens is 283 g/mol. The predicted molar refractivity (Wildman–Crippen MR) is 57.4 cm³/mol. The van der Waals surface area contributed by atoms with Crippen LogP contribution in [-0.4, -0.2) is 18.1 Å². The summed E-state index contributed by atoms with van der Waals surface area (Å²) in [4.78, 5) is 15.2. The Bertz CT molecular complexity index is 352. The summed E-state index contributed by atoms with van der Waals surface area (Å²) in [5.74, 6) is -0.435. The lowest BCUT2D eigenvalue weighted by Gasteiger charge is -2.05. The molecule has 5 heteroatoms. The van der Waals surface area contributed by atoms with Crippen molar-refractivity contribution < 1.29 is 9.53 Å². The van der Waals surface area contributed by atoms with Gasteiger partial charge in [-0.2, -0.15) is 0 Å². The van der Waals surface area contributed by atoms with Crippen LogP contribution in [0.3, 0.4) is 0 Å². The highest BCUT2D eigenvalue weighted by Gasteiger charge is 2.12. The zero-order valence-electron chi connectivity index (χ0n) is 7.30. The maximum atomic E-state index is 11.2. The molecule has 4 nitrogen and oxygen atoms in total. The molecule has 13 heavy (non-hydrogen) atoms. The molecular formula is C8H9IN2O2. The molecule has 0 amide bonds. The minimum absolute atomic E-state index is 0.320. The highest BCUT2D eigenvalue weighted by molar-refractivity contribution is 14.1. The SMILES string of the molecule is COC(=O)c1nc(I)c(N)cc1C. The van der Waals surface area contributed by atoms with Gasteiger partial charge in [0.1, 0.15) is 3.70 Å². The number of aromatic nitrogens is 1. The number of nitrogen functional groups attached to an aromatic ring is 1. The van der Waals surface area contributed by atoms with Crippen LogP contribution in [0.25, 0.3) is 0 Å². The number of aryl methyl sites for hydroxylation is 1. The van der Waals surface area contributed by atoms with Gasteiger partial charge >= 0.3 is 5.97 Å². The van der Waals surface area contributed by atoms with E-state index in [1.807, 2.05) is 22.6 Å². The van der Waals surface area contributed by atoms with Gasteiger partial charge < -0.3 is 10.5 Å². The summed E-state index contributed by atoms with van der Waals surface area (Å²) >= 11 is 1.97. The van der Waals surface area contributed by atoms with Crippen molar-refractivity contribution in [3.63, 3.8) is 0 Å². The Morgan fingerprint density at radius 3 is 2.85 bits per heavy atom. The smallest absolute Gasteiger partial charge is 0.356 e. The average molecular weight is 292 g/mol. The molecule has 1 aromatic rings. The Hall–Kier alpha value is -0.850. The van der Waals surface area contributed by atoms with Gasteiger partial charge in [0.05, 0.1) is 12.8 Å². The first-order valence-electron chi connectivity index (χ1n) is 3.57. The van der Waals surface area contributed by atoms with E-state index in [1.165, 1.54) is 7.11 Å². The van der Waals surface area contributed by atoms with Gasteiger partial charge in [-0.25, -0.2) is 9.78 Å². The van der Waals surface area contributed by atoms with Gasteiger partial charge in [-0.3, -0.25) is 0 Å². The van der Waals surface area contributed by atoms with Crippen LogP contribution in [0.5, 0.6) is 0 Å². The standard InChI is InChI=1S/C8H9IN2O2/c1-4-3-5(10)7(9)11-6(4)8(12)13-2/h3H,10H2,1-2H3. The van der Waals surface area contributed by atoms with Gasteiger partial charge in [0, 0.05) is 0 Å². The summed E-state index contributed by atoms with van der Waals surface area (Å²) in [6.45, 7) is 1.77. The van der Waals surface area contributed by atoms with Crippen molar-refractivity contribution in [2.75, 3.05) is 12.8 Å². The highest BCUT2D eigenvalue weighted by Crippen LogP contribution is 2.16. The third-order valence-corrected chi connectivity index (χ3v) is 2.44. The Kier molecular flexibility index (Phi) is 3.07. The van der Waals surface area contributed by atoms with Gasteiger partial charge in [-0.05, 0) is 41.1 Å². The average Bonchev–Trinajstić information content (AvgIpc) is 2.10. The summed E-state index contributed by atoms with van der Waals surface area (Å²) in [6, 6.07) is 1.71. The number of ether oxygens (including phenoxy) is 1. The molecule has 0 saturated carbocycles. The molecule has 0 bridgehead atoms. The van der Waals surface area contributed by atoms with E-state index >= 15 is 0 Å². The van der Waals surface area contributed by atoms with Crippen LogP contribution < -0.4 is 5.73 Å². The molecule has 0 saturated heterocycles. The van der Waals surface area contributed by atoms with Crippen molar-refractivity contribution in [1.82, 2.24) is 4.98 Å². The molecule has 70 valence electrons. The molecule has 0 atom stereocenters. The zero-order chi connectivity index (χ0) is 10.0. The summed E-state index contributed by atoms with van der Waals surface area (Å²) in [5, 5.41) is 0. The van der Waals surface area contributed by atoms with Crippen LogP contribution in [0, 0.1) is 10.6 Å². The minimum atomic E-state index is -0.435. The van der Waals surface area contributed by atoms with Crippen LogP contribution in [-0.2, 0) is 4.74 Å². The van der Waals surface area contributed by atoms with Crippen LogP contribution >= 0.6 is 22.6 Å². The second kappa shape index (κ2) is 3.91. The molecule has 1 rings (SSSR count). The van der Waals surface area contributed by atoms with Gasteiger partial charge in [0.2, 0.25) is 0 Å². The summed E-state index contributed by atoms with van der Waals surface area (Å²) in [7, 11) is 1.33. The number of nitrogens with zero attached hydrogens (tertiary/aromatic N) is 1. The quantitative estimate of drug-likeness (QED) is 0.482. The van der Waals surface area contributed by atoms with E-state index < -0.39 is 5.97 Å². The second-order valence-corrected chi connectivity index (χ2v) is 3.55. The van der Waals surface area contributed by atoms with Crippen molar-refractivity contribution in [2.45, 2.75) is 6.92 Å². The number of halogens is 1. The number of esters is 1. The van der Waals surface area contributed by atoms with Crippen molar-refractivity contribution in [3.8, 4) is 0 Å². The second-order valence-electron chi connectivity index (χ2n) is 2.53. The van der Waals surface area contributed by atoms with E-state index in [-0.39, 0.29) is 0 Å². The molecule has 0 fully saturated rings. The van der Waals surface area contributed by atoms with Crippen molar-refractivity contribution in [1.29, 1.82) is 0 Å². The van der Waals surface area contributed by atoms with E-state index in [9.17, 15) is 4.79 Å². The largest absolute Gasteiger partial charge is 0.464 e. The maximum absolute atomic E-state index is 11.2. The van der Waals surface area contributed by atoms with Crippen molar-refractivity contribution in [2.24, 2.45) is 0 Å². The third kappa shape index (κ3) is 2.09. The zero-order valence-corrected chi connectivity index (χ0v) is 9.45. The first kappa shape index (κ1) is 10.2. The fourth-order valence-corrected chi connectivity index (χ4v) is 1.31. The fourth-order valence-electron chi connectivity index (χ4n) is 0.915. The van der Waals surface area contributed by atoms with Crippen molar-refractivity contribution in [3.05, 3.63) is 21.0 Å². The van der Waals surface area contributed by atoms with Crippen LogP contribution in [0.1, 0.15) is 16.1 Å². The Morgan fingerprint density at radius 2 is 2.31 bits per heavy atom. The van der Waals surface area contributed by atoms with Crippen LogP contribution in [0.4, 0.5) is 5.69 Å². The number of hydrogen-bond donors (Lipinski definition) is 1. The molecule has 1 aromatic heterocycles. The number of rotatable bonds is 1. The number of carbonyl (C=O) groups is 1. The van der Waals surface area contributed by atoms with E-state index in [0.29, 0.717) is 15.1 Å². The lowest BCUT2D eigenvalue weighted by molar-refractivity contribution is 0.0593. The number of carbonyl (C=O) groups excluding carboxylic acids is 1. The van der Waals surface area contributed by atoms with Gasteiger partial charge in [0.25, 0.3) is 0 Å². The lowest BCUT2D eigenvalue weighted by Crippen LogP contribution is -2.09. The molecule has 0 aliphatic heterocycles. The molecule has 0 aromatic carbocycles. The Labute approximate surface area is 89.6 Å². The number of hydrogen-bond acceptors (Lipinski definition) is 4. The Balaban J connectivity index is 3.23. The van der Waals surface area contributed by atoms with E-state index in [2.05, 4.69) is 9.72 Å². The van der Waals surface area contributed by atoms with E-state index in [1.54, 1.807) is 13.0 Å². The first-order valence-corrected chi connectivity index (χ1v) is 4.65. The predicted octanol–water partition coefficient (Wildman–Crippen LogP) is 1.36. The lowest BCUT2D eigenvalue weighted by atomic mass is 10.2. The van der Waals surface area contributed by atoms with Crippen LogP contribution in [0.2, 0.25) is 0 Å². The molecule has 0 radical (unpaired) electrons. The molecule has 1 heterocycles. The number of pyridine rings is 1. The van der Waals surface area contributed by atoms with Gasteiger partial charge in [0.15, 0.2) is 5.69 Å². The molecule has 0 spiro atoms. The summed E-state index contributed by atoms with van der Waals surface area (Å²) in [5.41, 5.74) is 7.23. The van der Waals surface area contributed by atoms with Gasteiger partial charge in [-0.1, -0.05) is 0 Å².